The summed E-state index contributed by atoms with van der Waals surface area (Å²) in [5.74, 6) is 1.42. The van der Waals surface area contributed by atoms with E-state index in [9.17, 15) is 4.79 Å². The Bertz CT molecular complexity index is 477. The molecule has 2 fully saturated rings. The molecule has 0 unspecified atom stereocenters. The van der Waals surface area contributed by atoms with Gasteiger partial charge < -0.3 is 4.74 Å². The maximum absolute atomic E-state index is 11.8. The van der Waals surface area contributed by atoms with Gasteiger partial charge in [-0.25, -0.2) is 0 Å². The van der Waals surface area contributed by atoms with Gasteiger partial charge in [0.15, 0.2) is 0 Å². The zero-order valence-corrected chi connectivity index (χ0v) is 12.5. The number of carbonyl (C=O) groups excluding carboxylic acids is 1. The number of ether oxygens (including phenoxy) is 1. The Balaban J connectivity index is 1.52. The monoisotopic (exact) mass is 272 g/mol. The van der Waals surface area contributed by atoms with Crippen molar-refractivity contribution in [2.45, 2.75) is 45.4 Å². The first-order valence-corrected chi connectivity index (χ1v) is 7.82. The Morgan fingerprint density at radius 2 is 2.05 bits per heavy atom. The minimum Gasteiger partial charge on any atom is -0.465 e. The van der Waals surface area contributed by atoms with E-state index >= 15 is 0 Å². The summed E-state index contributed by atoms with van der Waals surface area (Å²) in [4.78, 5) is 11.8. The van der Waals surface area contributed by atoms with Gasteiger partial charge in [-0.3, -0.25) is 4.79 Å². The van der Waals surface area contributed by atoms with Gasteiger partial charge in [-0.2, -0.15) is 0 Å². The van der Waals surface area contributed by atoms with Gasteiger partial charge in [0.1, 0.15) is 0 Å². The molecule has 2 heteroatoms. The molecule has 1 aromatic rings. The van der Waals surface area contributed by atoms with E-state index in [0.29, 0.717) is 18.4 Å². The van der Waals surface area contributed by atoms with Crippen LogP contribution in [0.2, 0.25) is 0 Å². The van der Waals surface area contributed by atoms with E-state index < -0.39 is 0 Å². The SMILES string of the molecule is C[C@H](c1ccccc1)[C@@H]1C[C@@]1(C)COC(=O)C1CCC1. The minimum absolute atomic E-state index is 0.0375. The zero-order chi connectivity index (χ0) is 14.2. The molecule has 0 heterocycles. The second-order valence-corrected chi connectivity index (χ2v) is 6.90. The maximum atomic E-state index is 11.8. The van der Waals surface area contributed by atoms with Crippen LogP contribution in [-0.2, 0) is 9.53 Å². The molecule has 0 amide bonds. The molecular formula is C18H24O2. The third-order valence-corrected chi connectivity index (χ3v) is 5.33. The van der Waals surface area contributed by atoms with Crippen LogP contribution in [0.4, 0.5) is 0 Å². The van der Waals surface area contributed by atoms with E-state index in [2.05, 4.69) is 44.2 Å². The molecule has 0 radical (unpaired) electrons. The molecule has 1 aromatic carbocycles. The van der Waals surface area contributed by atoms with Gasteiger partial charge >= 0.3 is 5.97 Å². The second kappa shape index (κ2) is 5.23. The minimum atomic E-state index is 0.0375. The van der Waals surface area contributed by atoms with E-state index in [1.807, 2.05) is 0 Å². The Hall–Kier alpha value is -1.31. The van der Waals surface area contributed by atoms with Crippen LogP contribution in [0.1, 0.15) is 51.0 Å². The molecule has 0 aromatic heterocycles. The summed E-state index contributed by atoms with van der Waals surface area (Å²) in [6, 6.07) is 10.7. The highest BCUT2D eigenvalue weighted by Crippen LogP contribution is 2.59. The average molecular weight is 272 g/mol. The van der Waals surface area contributed by atoms with Crippen LogP contribution in [0.3, 0.4) is 0 Å². The summed E-state index contributed by atoms with van der Waals surface area (Å²) < 4.78 is 5.55. The zero-order valence-electron chi connectivity index (χ0n) is 12.5. The fourth-order valence-corrected chi connectivity index (χ4v) is 3.38. The van der Waals surface area contributed by atoms with Crippen molar-refractivity contribution in [1.29, 1.82) is 0 Å². The number of benzene rings is 1. The van der Waals surface area contributed by atoms with Crippen molar-refractivity contribution in [1.82, 2.24) is 0 Å². The summed E-state index contributed by atoms with van der Waals surface area (Å²) in [5, 5.41) is 0. The van der Waals surface area contributed by atoms with Crippen molar-refractivity contribution in [2.75, 3.05) is 6.61 Å². The van der Waals surface area contributed by atoms with Crippen LogP contribution in [0.15, 0.2) is 30.3 Å². The predicted octanol–water partition coefficient (Wildman–Crippen LogP) is 4.16. The molecule has 0 spiro atoms. The van der Waals surface area contributed by atoms with Crippen molar-refractivity contribution in [3.05, 3.63) is 35.9 Å². The smallest absolute Gasteiger partial charge is 0.308 e. The molecular weight excluding hydrogens is 248 g/mol. The lowest BCUT2D eigenvalue weighted by atomic mass is 9.85. The van der Waals surface area contributed by atoms with Crippen LogP contribution in [0.25, 0.3) is 0 Å². The summed E-state index contributed by atoms with van der Waals surface area (Å²) in [7, 11) is 0. The molecule has 2 nitrogen and oxygen atoms in total. The van der Waals surface area contributed by atoms with Crippen molar-refractivity contribution < 1.29 is 9.53 Å². The first-order chi connectivity index (χ1) is 9.60. The van der Waals surface area contributed by atoms with Crippen LogP contribution < -0.4 is 0 Å². The highest BCUT2D eigenvalue weighted by molar-refractivity contribution is 5.73. The van der Waals surface area contributed by atoms with Crippen LogP contribution >= 0.6 is 0 Å². The number of rotatable bonds is 5. The van der Waals surface area contributed by atoms with Gasteiger partial charge in [0.05, 0.1) is 12.5 Å². The van der Waals surface area contributed by atoms with Gasteiger partial charge in [0.2, 0.25) is 0 Å². The molecule has 3 rings (SSSR count). The fourth-order valence-electron chi connectivity index (χ4n) is 3.38. The van der Waals surface area contributed by atoms with Crippen LogP contribution in [-0.4, -0.2) is 12.6 Å². The Labute approximate surface area is 121 Å². The Morgan fingerprint density at radius 3 is 2.65 bits per heavy atom. The van der Waals surface area contributed by atoms with E-state index in [0.717, 1.165) is 12.8 Å². The summed E-state index contributed by atoms with van der Waals surface area (Å²) in [5.41, 5.74) is 1.58. The molecule has 20 heavy (non-hydrogen) atoms. The third kappa shape index (κ3) is 2.61. The molecule has 2 aliphatic rings. The quantitative estimate of drug-likeness (QED) is 0.752. The summed E-state index contributed by atoms with van der Waals surface area (Å²) in [6.45, 7) is 5.15. The number of carbonyl (C=O) groups is 1. The maximum Gasteiger partial charge on any atom is 0.308 e. The van der Waals surface area contributed by atoms with E-state index in [4.69, 9.17) is 4.74 Å². The predicted molar refractivity (Wildman–Crippen MR) is 79.4 cm³/mol. The lowest BCUT2D eigenvalue weighted by molar-refractivity contribution is -0.153. The van der Waals surface area contributed by atoms with Crippen molar-refractivity contribution >= 4 is 5.97 Å². The van der Waals surface area contributed by atoms with Gasteiger partial charge in [0, 0.05) is 5.41 Å². The number of hydrogen-bond acceptors (Lipinski definition) is 2. The lowest BCUT2D eigenvalue weighted by Gasteiger charge is -2.24. The Kier molecular flexibility index (Phi) is 3.57. The van der Waals surface area contributed by atoms with Crippen molar-refractivity contribution in [3.63, 3.8) is 0 Å². The molecule has 2 aliphatic carbocycles. The highest BCUT2D eigenvalue weighted by Gasteiger charge is 2.53. The average Bonchev–Trinajstić information content (AvgIpc) is 3.07. The highest BCUT2D eigenvalue weighted by atomic mass is 16.5. The standard InChI is InChI=1S/C18H24O2/c1-13(14-7-4-3-5-8-14)16-11-18(16,2)12-20-17(19)15-9-6-10-15/h3-5,7-8,13,15-16H,6,9-12H2,1-2H3/t13-,16+,18+/m1/s1. The number of hydrogen-bond donors (Lipinski definition) is 0. The van der Waals surface area contributed by atoms with Gasteiger partial charge in [0.25, 0.3) is 0 Å². The molecule has 108 valence electrons. The van der Waals surface area contributed by atoms with E-state index in [-0.39, 0.29) is 17.3 Å². The Morgan fingerprint density at radius 1 is 1.35 bits per heavy atom. The van der Waals surface area contributed by atoms with Gasteiger partial charge in [-0.15, -0.1) is 0 Å². The van der Waals surface area contributed by atoms with Gasteiger partial charge in [-0.1, -0.05) is 50.6 Å². The molecule has 0 bridgehead atoms. The first-order valence-electron chi connectivity index (χ1n) is 7.82. The fraction of sp³-hybridized carbons (Fsp3) is 0.611. The molecule has 0 N–H and O–H groups in total. The van der Waals surface area contributed by atoms with E-state index in [1.165, 1.54) is 18.4 Å². The molecule has 0 saturated heterocycles. The van der Waals surface area contributed by atoms with Crippen LogP contribution in [0.5, 0.6) is 0 Å². The molecule has 3 atom stereocenters. The largest absolute Gasteiger partial charge is 0.465 e. The number of esters is 1. The van der Waals surface area contributed by atoms with E-state index in [1.54, 1.807) is 0 Å². The lowest BCUT2D eigenvalue weighted by Crippen LogP contribution is -2.26. The molecule has 2 saturated carbocycles. The molecule has 0 aliphatic heterocycles. The normalized spacial score (nSPS) is 30.4. The second-order valence-electron chi connectivity index (χ2n) is 6.90. The third-order valence-electron chi connectivity index (χ3n) is 5.33. The summed E-state index contributed by atoms with van der Waals surface area (Å²) in [6.07, 6.45) is 4.41. The van der Waals surface area contributed by atoms with Crippen molar-refractivity contribution in [3.8, 4) is 0 Å². The van der Waals surface area contributed by atoms with Crippen molar-refractivity contribution in [2.24, 2.45) is 17.3 Å². The van der Waals surface area contributed by atoms with Crippen LogP contribution in [0, 0.1) is 17.3 Å². The van der Waals surface area contributed by atoms with Gasteiger partial charge in [-0.05, 0) is 36.7 Å². The first kappa shape index (κ1) is 13.7. The topological polar surface area (TPSA) is 26.3 Å². The summed E-state index contributed by atoms with van der Waals surface area (Å²) >= 11 is 0.